The molecule has 1 aromatic rings. The highest BCUT2D eigenvalue weighted by Gasteiger charge is 2.38. The molecule has 142 valence electrons. The van der Waals surface area contributed by atoms with E-state index in [0.29, 0.717) is 38.0 Å². The van der Waals surface area contributed by atoms with Gasteiger partial charge in [-0.15, -0.1) is 0 Å². The van der Waals surface area contributed by atoms with Crippen molar-refractivity contribution in [3.63, 3.8) is 0 Å². The van der Waals surface area contributed by atoms with Crippen molar-refractivity contribution in [1.29, 1.82) is 0 Å². The van der Waals surface area contributed by atoms with Crippen LogP contribution in [0, 0.1) is 0 Å². The number of rotatable bonds is 2. The summed E-state index contributed by atoms with van der Waals surface area (Å²) >= 11 is 3.55. The lowest BCUT2D eigenvalue weighted by Crippen LogP contribution is -2.47. The van der Waals surface area contributed by atoms with Gasteiger partial charge >= 0.3 is 6.09 Å². The van der Waals surface area contributed by atoms with E-state index in [2.05, 4.69) is 15.9 Å². The summed E-state index contributed by atoms with van der Waals surface area (Å²) in [5.41, 5.74) is 1.09. The monoisotopic (exact) mass is 424 g/mol. The number of phenolic OH excluding ortho intramolecular Hbond substituents is 1. The Labute approximate surface area is 162 Å². The average molecular weight is 425 g/mol. The maximum atomic E-state index is 12.8. The number of likely N-dealkylation sites (tertiary alicyclic amines) is 1. The van der Waals surface area contributed by atoms with Crippen LogP contribution in [0.25, 0.3) is 0 Å². The fraction of sp³-hybridized carbons (Fsp3) is 0.579. The molecule has 1 aromatic carbocycles. The molecular weight excluding hydrogens is 400 g/mol. The van der Waals surface area contributed by atoms with E-state index < -0.39 is 17.7 Å². The Hall–Kier alpha value is -1.76. The van der Waals surface area contributed by atoms with Crippen LogP contribution in [0.2, 0.25) is 0 Å². The summed E-state index contributed by atoms with van der Waals surface area (Å²) in [5, 5.41) is 10.5. The highest BCUT2D eigenvalue weighted by Crippen LogP contribution is 2.41. The molecule has 7 heteroatoms. The molecule has 1 fully saturated rings. The van der Waals surface area contributed by atoms with E-state index in [9.17, 15) is 14.7 Å². The molecule has 26 heavy (non-hydrogen) atoms. The fourth-order valence-corrected chi connectivity index (χ4v) is 4.17. The summed E-state index contributed by atoms with van der Waals surface area (Å²) in [6, 6.07) is 3.02. The number of hydrogen-bond donors (Lipinski definition) is 1. The van der Waals surface area contributed by atoms with Crippen molar-refractivity contribution in [2.45, 2.75) is 51.7 Å². The number of amides is 2. The maximum absolute atomic E-state index is 12.8. The second-order valence-corrected chi connectivity index (χ2v) is 8.70. The first kappa shape index (κ1) is 19.0. The van der Waals surface area contributed by atoms with Gasteiger partial charge in [-0.1, -0.05) is 15.9 Å². The lowest BCUT2D eigenvalue weighted by molar-refractivity contribution is -0.128. The molecule has 0 unspecified atom stereocenters. The number of aromatic hydroxyl groups is 1. The van der Waals surface area contributed by atoms with Crippen LogP contribution >= 0.6 is 15.9 Å². The minimum atomic E-state index is -0.606. The number of carbonyl (C=O) groups excluding carboxylic acids is 2. The Morgan fingerprint density at radius 2 is 2.04 bits per heavy atom. The number of carbonyl (C=O) groups is 2. The summed E-state index contributed by atoms with van der Waals surface area (Å²) in [7, 11) is 0. The van der Waals surface area contributed by atoms with E-state index in [0.717, 1.165) is 16.5 Å². The van der Waals surface area contributed by atoms with Crippen LogP contribution in [-0.2, 0) is 16.0 Å². The molecule has 1 atom stereocenters. The molecule has 0 aliphatic carbocycles. The zero-order chi connectivity index (χ0) is 19.1. The Morgan fingerprint density at radius 3 is 2.65 bits per heavy atom. The van der Waals surface area contributed by atoms with E-state index in [1.165, 1.54) is 0 Å². The van der Waals surface area contributed by atoms with E-state index >= 15 is 0 Å². The number of ether oxygens (including phenoxy) is 1. The molecule has 0 spiro atoms. The Kier molecular flexibility index (Phi) is 5.19. The van der Waals surface area contributed by atoms with Crippen molar-refractivity contribution in [2.75, 3.05) is 19.6 Å². The van der Waals surface area contributed by atoms with Gasteiger partial charge in [0.1, 0.15) is 11.4 Å². The summed E-state index contributed by atoms with van der Waals surface area (Å²) in [6.07, 6.45) is 1.57. The molecule has 1 saturated heterocycles. The van der Waals surface area contributed by atoms with Gasteiger partial charge < -0.3 is 14.7 Å². The van der Waals surface area contributed by atoms with Crippen molar-refractivity contribution < 1.29 is 19.4 Å². The third kappa shape index (κ3) is 3.82. The summed E-state index contributed by atoms with van der Waals surface area (Å²) in [5.74, 6) is 0.240. The van der Waals surface area contributed by atoms with Crippen LogP contribution < -0.4 is 0 Å². The first-order valence-corrected chi connectivity index (χ1v) is 9.74. The minimum absolute atomic E-state index is 0.0933. The highest BCUT2D eigenvalue weighted by molar-refractivity contribution is 9.10. The third-order valence-electron chi connectivity index (χ3n) is 4.78. The largest absolute Gasteiger partial charge is 0.508 e. The molecule has 1 N–H and O–H groups in total. The SMILES string of the molecule is CC(C)(C)OC(=O)N1CCc2c(Br)ccc(O)c2[C@H]1CN1CCCC1=O. The van der Waals surface area contributed by atoms with Crippen LogP contribution in [0.4, 0.5) is 4.79 Å². The van der Waals surface area contributed by atoms with E-state index in [1.54, 1.807) is 15.9 Å². The van der Waals surface area contributed by atoms with Crippen LogP contribution in [0.15, 0.2) is 16.6 Å². The van der Waals surface area contributed by atoms with Crippen molar-refractivity contribution in [3.05, 3.63) is 27.7 Å². The van der Waals surface area contributed by atoms with Gasteiger partial charge in [0.15, 0.2) is 0 Å². The Morgan fingerprint density at radius 1 is 1.31 bits per heavy atom. The number of nitrogens with zero attached hydrogens (tertiary/aromatic N) is 2. The minimum Gasteiger partial charge on any atom is -0.508 e. The van der Waals surface area contributed by atoms with Crippen molar-refractivity contribution in [3.8, 4) is 5.75 Å². The van der Waals surface area contributed by atoms with Crippen LogP contribution in [0.3, 0.4) is 0 Å². The number of benzene rings is 1. The molecule has 0 bridgehead atoms. The van der Waals surface area contributed by atoms with E-state index in [1.807, 2.05) is 26.8 Å². The van der Waals surface area contributed by atoms with Gasteiger partial charge in [0.25, 0.3) is 0 Å². The highest BCUT2D eigenvalue weighted by atomic mass is 79.9. The average Bonchev–Trinajstić information content (AvgIpc) is 2.94. The summed E-state index contributed by atoms with van der Waals surface area (Å²) < 4.78 is 6.48. The van der Waals surface area contributed by atoms with Gasteiger partial charge in [-0.25, -0.2) is 4.79 Å². The quantitative estimate of drug-likeness (QED) is 0.786. The van der Waals surface area contributed by atoms with Gasteiger partial charge in [-0.3, -0.25) is 9.69 Å². The fourth-order valence-electron chi connectivity index (χ4n) is 3.63. The van der Waals surface area contributed by atoms with Gasteiger partial charge in [-0.05, 0) is 51.3 Å². The Bertz CT molecular complexity index is 729. The molecule has 3 rings (SSSR count). The zero-order valence-electron chi connectivity index (χ0n) is 15.4. The lowest BCUT2D eigenvalue weighted by Gasteiger charge is -2.40. The predicted octanol–water partition coefficient (Wildman–Crippen LogP) is 3.61. The van der Waals surface area contributed by atoms with E-state index in [4.69, 9.17) is 4.74 Å². The van der Waals surface area contributed by atoms with Crippen LogP contribution in [0.5, 0.6) is 5.75 Å². The normalized spacial score (nSPS) is 20.3. The first-order valence-electron chi connectivity index (χ1n) is 8.95. The molecular formula is C19H25BrN2O4. The molecule has 0 radical (unpaired) electrons. The van der Waals surface area contributed by atoms with Gasteiger partial charge in [0.05, 0.1) is 6.04 Å². The number of halogens is 1. The first-order chi connectivity index (χ1) is 12.2. The van der Waals surface area contributed by atoms with Crippen LogP contribution in [0.1, 0.15) is 50.8 Å². The maximum Gasteiger partial charge on any atom is 0.410 e. The van der Waals surface area contributed by atoms with Gasteiger partial charge in [0.2, 0.25) is 5.91 Å². The van der Waals surface area contributed by atoms with Gasteiger partial charge in [0, 0.05) is 36.1 Å². The lowest BCUT2D eigenvalue weighted by atomic mass is 9.91. The Balaban J connectivity index is 1.97. The molecule has 2 aliphatic heterocycles. The van der Waals surface area contributed by atoms with Gasteiger partial charge in [-0.2, -0.15) is 0 Å². The summed E-state index contributed by atoms with van der Waals surface area (Å²) in [6.45, 7) is 7.02. The standard InChI is InChI=1S/C19H25BrN2O4/c1-19(2,3)26-18(25)22-10-8-12-13(20)6-7-15(23)17(12)14(22)11-21-9-4-5-16(21)24/h6-7,14,23H,4-5,8-11H2,1-3H3/t14-/m1/s1. The molecule has 0 aromatic heterocycles. The molecule has 6 nitrogen and oxygen atoms in total. The number of phenols is 1. The molecule has 2 aliphatic rings. The predicted molar refractivity (Wildman–Crippen MR) is 101 cm³/mol. The summed E-state index contributed by atoms with van der Waals surface area (Å²) in [4.78, 5) is 28.3. The van der Waals surface area contributed by atoms with Crippen molar-refractivity contribution >= 4 is 27.9 Å². The third-order valence-corrected chi connectivity index (χ3v) is 5.52. The molecule has 2 heterocycles. The second-order valence-electron chi connectivity index (χ2n) is 7.84. The molecule has 0 saturated carbocycles. The molecule has 2 amide bonds. The number of hydrogen-bond acceptors (Lipinski definition) is 4. The van der Waals surface area contributed by atoms with Crippen molar-refractivity contribution in [1.82, 2.24) is 9.80 Å². The van der Waals surface area contributed by atoms with Crippen molar-refractivity contribution in [2.24, 2.45) is 0 Å². The van der Waals surface area contributed by atoms with E-state index in [-0.39, 0.29) is 11.7 Å². The number of fused-ring (bicyclic) bond motifs is 1. The zero-order valence-corrected chi connectivity index (χ0v) is 17.0. The second kappa shape index (κ2) is 7.10. The smallest absolute Gasteiger partial charge is 0.410 e. The topological polar surface area (TPSA) is 70.1 Å². The van der Waals surface area contributed by atoms with Crippen LogP contribution in [-0.4, -0.2) is 52.1 Å².